The number of halogens is 1. The minimum atomic E-state index is 0.0608. The first kappa shape index (κ1) is 17.5. The lowest BCUT2D eigenvalue weighted by atomic mass is 10.4. The molecule has 5 nitrogen and oxygen atoms in total. The number of aromatic nitrogens is 3. The molecule has 0 saturated heterocycles. The molecule has 0 aliphatic heterocycles. The lowest BCUT2D eigenvalue weighted by molar-refractivity contribution is -0.127. The van der Waals surface area contributed by atoms with Crippen molar-refractivity contribution in [2.45, 2.75) is 37.0 Å². The highest BCUT2D eigenvalue weighted by Gasteiger charge is 2.30. The van der Waals surface area contributed by atoms with E-state index in [2.05, 4.69) is 21.3 Å². The summed E-state index contributed by atoms with van der Waals surface area (Å²) in [4.78, 5) is 15.1. The molecule has 0 radical (unpaired) electrons. The molecule has 8 heteroatoms. The maximum absolute atomic E-state index is 12.3. The van der Waals surface area contributed by atoms with E-state index >= 15 is 0 Å². The number of carbonyl (C=O) groups excluding carboxylic acids is 1. The first-order chi connectivity index (χ1) is 11.6. The van der Waals surface area contributed by atoms with Crippen molar-refractivity contribution in [3.8, 4) is 0 Å². The van der Waals surface area contributed by atoms with Crippen molar-refractivity contribution in [3.63, 3.8) is 0 Å². The van der Waals surface area contributed by atoms with E-state index in [0.29, 0.717) is 24.8 Å². The van der Waals surface area contributed by atoms with Gasteiger partial charge >= 0.3 is 0 Å². The molecule has 1 aliphatic carbocycles. The molecule has 1 fully saturated rings. The van der Waals surface area contributed by atoms with Crippen LogP contribution in [-0.2, 0) is 17.9 Å². The summed E-state index contributed by atoms with van der Waals surface area (Å²) >= 11 is 8.86. The Balaban J connectivity index is 1.58. The third-order valence-electron chi connectivity index (χ3n) is 3.77. The lowest BCUT2D eigenvalue weighted by Gasteiger charge is -2.16. The number of amides is 1. The van der Waals surface area contributed by atoms with E-state index in [1.54, 1.807) is 11.9 Å². The largest absolute Gasteiger partial charge is 0.340 e. The zero-order chi connectivity index (χ0) is 17.1. The third-order valence-corrected chi connectivity index (χ3v) is 5.94. The summed E-state index contributed by atoms with van der Waals surface area (Å²) in [6.45, 7) is 5.05. The Morgan fingerprint density at radius 2 is 2.33 bits per heavy atom. The van der Waals surface area contributed by atoms with Crippen LogP contribution in [-0.4, -0.2) is 38.4 Å². The van der Waals surface area contributed by atoms with Crippen LogP contribution in [0.15, 0.2) is 29.9 Å². The van der Waals surface area contributed by atoms with E-state index in [1.807, 2.05) is 18.2 Å². The summed E-state index contributed by atoms with van der Waals surface area (Å²) in [5.74, 6) is 1.95. The molecular weight excluding hydrogens is 364 g/mol. The Morgan fingerprint density at radius 1 is 1.54 bits per heavy atom. The molecule has 2 aromatic rings. The summed E-state index contributed by atoms with van der Waals surface area (Å²) in [6, 6.07) is 3.80. The second-order valence-electron chi connectivity index (χ2n) is 5.76. The predicted octanol–water partition coefficient (Wildman–Crippen LogP) is 3.81. The van der Waals surface area contributed by atoms with Gasteiger partial charge in [0.05, 0.1) is 16.6 Å². The Morgan fingerprint density at radius 3 is 2.96 bits per heavy atom. The van der Waals surface area contributed by atoms with E-state index in [9.17, 15) is 4.79 Å². The van der Waals surface area contributed by atoms with Crippen molar-refractivity contribution >= 4 is 40.6 Å². The van der Waals surface area contributed by atoms with Crippen molar-refractivity contribution in [3.05, 3.63) is 39.8 Å². The topological polar surface area (TPSA) is 51.0 Å². The van der Waals surface area contributed by atoms with Crippen molar-refractivity contribution < 1.29 is 4.79 Å². The molecule has 0 unspecified atom stereocenters. The van der Waals surface area contributed by atoms with E-state index in [4.69, 9.17) is 11.6 Å². The molecule has 0 aromatic carbocycles. The summed E-state index contributed by atoms with van der Waals surface area (Å²) in [7, 11) is 1.81. The maximum Gasteiger partial charge on any atom is 0.233 e. The minimum Gasteiger partial charge on any atom is -0.340 e. The van der Waals surface area contributed by atoms with Gasteiger partial charge in [0.15, 0.2) is 5.16 Å². The van der Waals surface area contributed by atoms with E-state index in [0.717, 1.165) is 20.2 Å². The van der Waals surface area contributed by atoms with Crippen LogP contribution in [0.3, 0.4) is 0 Å². The van der Waals surface area contributed by atoms with Crippen LogP contribution < -0.4 is 0 Å². The number of hydrogen-bond donors (Lipinski definition) is 0. The van der Waals surface area contributed by atoms with Crippen molar-refractivity contribution in [1.29, 1.82) is 0 Å². The number of thioether (sulfide) groups is 1. The summed E-state index contributed by atoms with van der Waals surface area (Å²) in [5, 5.41) is 9.34. The van der Waals surface area contributed by atoms with Gasteiger partial charge in [-0.05, 0) is 25.0 Å². The van der Waals surface area contributed by atoms with Crippen LogP contribution in [0.1, 0.15) is 29.5 Å². The molecule has 2 heterocycles. The van der Waals surface area contributed by atoms with Gasteiger partial charge in [0.1, 0.15) is 5.82 Å². The molecule has 0 bridgehead atoms. The monoisotopic (exact) mass is 382 g/mol. The number of allylic oxidation sites excluding steroid dienone is 1. The smallest absolute Gasteiger partial charge is 0.233 e. The van der Waals surface area contributed by atoms with Gasteiger partial charge in [0.2, 0.25) is 5.91 Å². The Hall–Kier alpha value is -1.31. The minimum absolute atomic E-state index is 0.0608. The quantitative estimate of drug-likeness (QED) is 0.514. The Kier molecular flexibility index (Phi) is 5.63. The van der Waals surface area contributed by atoms with Gasteiger partial charge in [-0.15, -0.1) is 28.1 Å². The second kappa shape index (κ2) is 7.72. The molecule has 1 aliphatic rings. The first-order valence-electron chi connectivity index (χ1n) is 7.73. The van der Waals surface area contributed by atoms with Gasteiger partial charge in [0.25, 0.3) is 0 Å². The van der Waals surface area contributed by atoms with Crippen molar-refractivity contribution in [1.82, 2.24) is 19.7 Å². The predicted molar refractivity (Wildman–Crippen MR) is 98.7 cm³/mol. The lowest BCUT2D eigenvalue weighted by Crippen LogP contribution is -2.27. The summed E-state index contributed by atoms with van der Waals surface area (Å²) < 4.78 is 2.81. The van der Waals surface area contributed by atoms with Crippen molar-refractivity contribution in [2.75, 3.05) is 12.8 Å². The molecule has 24 heavy (non-hydrogen) atoms. The van der Waals surface area contributed by atoms with Crippen LogP contribution in [0.2, 0.25) is 4.34 Å². The van der Waals surface area contributed by atoms with Crippen LogP contribution >= 0.6 is 34.7 Å². The molecule has 0 spiro atoms. The zero-order valence-corrected chi connectivity index (χ0v) is 15.8. The van der Waals surface area contributed by atoms with Gasteiger partial charge in [-0.25, -0.2) is 0 Å². The fourth-order valence-electron chi connectivity index (χ4n) is 2.35. The van der Waals surface area contributed by atoms with E-state index in [1.165, 1.54) is 35.9 Å². The molecular formula is C16H19ClN4OS2. The number of hydrogen-bond acceptors (Lipinski definition) is 5. The molecule has 128 valence electrons. The van der Waals surface area contributed by atoms with Crippen molar-refractivity contribution in [2.24, 2.45) is 0 Å². The average molecular weight is 383 g/mol. The highest BCUT2D eigenvalue weighted by Crippen LogP contribution is 2.40. The summed E-state index contributed by atoms with van der Waals surface area (Å²) in [6.07, 6.45) is 4.18. The standard InChI is InChI=1S/C16H19ClN4OS2/c1-3-8-21-15(11-4-5-11)18-19-16(21)23-10-14(22)20(2)9-12-6-7-13(17)24-12/h3,6-7,11H,1,4-5,8-10H2,2H3. The average Bonchev–Trinajstić information content (AvgIpc) is 3.21. The molecule has 3 rings (SSSR count). The van der Waals surface area contributed by atoms with E-state index < -0.39 is 0 Å². The molecule has 1 saturated carbocycles. The van der Waals surface area contributed by atoms with Crippen LogP contribution in [0.25, 0.3) is 0 Å². The number of nitrogens with zero attached hydrogens (tertiary/aromatic N) is 4. The van der Waals surface area contributed by atoms with Gasteiger partial charge in [-0.3, -0.25) is 4.79 Å². The molecule has 1 amide bonds. The zero-order valence-electron chi connectivity index (χ0n) is 13.4. The Bertz CT molecular complexity index is 738. The number of rotatable bonds is 8. The first-order valence-corrected chi connectivity index (χ1v) is 9.91. The summed E-state index contributed by atoms with van der Waals surface area (Å²) in [5.41, 5.74) is 0. The molecule has 0 atom stereocenters. The maximum atomic E-state index is 12.3. The van der Waals surface area contributed by atoms with Gasteiger partial charge in [-0.1, -0.05) is 29.4 Å². The third kappa shape index (κ3) is 4.20. The van der Waals surface area contributed by atoms with Crippen LogP contribution in [0.5, 0.6) is 0 Å². The van der Waals surface area contributed by atoms with E-state index in [-0.39, 0.29) is 5.91 Å². The fourth-order valence-corrected chi connectivity index (χ4v) is 4.38. The fraction of sp³-hybridized carbons (Fsp3) is 0.438. The highest BCUT2D eigenvalue weighted by atomic mass is 35.5. The molecule has 2 aromatic heterocycles. The number of thiophene rings is 1. The molecule has 0 N–H and O–H groups in total. The number of carbonyl (C=O) groups is 1. The SMILES string of the molecule is C=CCn1c(SCC(=O)N(C)Cc2ccc(Cl)s2)nnc1C1CC1. The Labute approximate surface area is 154 Å². The van der Waals surface area contributed by atoms with Crippen LogP contribution in [0, 0.1) is 0 Å². The van der Waals surface area contributed by atoms with Crippen LogP contribution in [0.4, 0.5) is 0 Å². The highest BCUT2D eigenvalue weighted by molar-refractivity contribution is 7.99. The second-order valence-corrected chi connectivity index (χ2v) is 8.50. The van der Waals surface area contributed by atoms with Gasteiger partial charge < -0.3 is 9.47 Å². The normalized spacial score (nSPS) is 13.9. The van der Waals surface area contributed by atoms with Gasteiger partial charge in [-0.2, -0.15) is 0 Å². The van der Waals surface area contributed by atoms with Gasteiger partial charge in [0, 0.05) is 24.4 Å².